The van der Waals surface area contributed by atoms with Gasteiger partial charge in [-0.05, 0) is 120 Å². The normalized spacial score (nSPS) is 18.9. The third-order valence-electron chi connectivity index (χ3n) is 10.7. The van der Waals surface area contributed by atoms with Crippen molar-refractivity contribution in [2.45, 2.75) is 155 Å². The zero-order valence-electron chi connectivity index (χ0n) is 38.8. The average molecular weight is 1120 g/mol. The van der Waals surface area contributed by atoms with Crippen LogP contribution in [0.4, 0.5) is 39.5 Å². The van der Waals surface area contributed by atoms with Gasteiger partial charge in [-0.2, -0.15) is 39.5 Å². The minimum atomic E-state index is -4.87. The summed E-state index contributed by atoms with van der Waals surface area (Å²) in [6.45, 7) is 22.8. The molecule has 2 aliphatic heterocycles. The Kier molecular flexibility index (Phi) is 22.3. The molecule has 3 aromatic heterocycles. The molecule has 0 radical (unpaired) electrons. The molecule has 2 unspecified atom stereocenters. The molecule has 0 aliphatic carbocycles. The van der Waals surface area contributed by atoms with Gasteiger partial charge in [0.25, 0.3) is 0 Å². The van der Waals surface area contributed by atoms with E-state index in [1.54, 1.807) is 18.5 Å². The number of aliphatic hydroxyl groups is 2. The summed E-state index contributed by atoms with van der Waals surface area (Å²) in [6, 6.07) is 3.76. The van der Waals surface area contributed by atoms with Gasteiger partial charge in [0.2, 0.25) is 0 Å². The second kappa shape index (κ2) is 23.2. The highest BCUT2D eigenvalue weighted by Gasteiger charge is 2.64. The van der Waals surface area contributed by atoms with Crippen molar-refractivity contribution >= 4 is 72.3 Å². The first-order chi connectivity index (χ1) is 29.2. The second-order valence-corrected chi connectivity index (χ2v) is 25.3. The van der Waals surface area contributed by atoms with Crippen molar-refractivity contribution in [3.63, 3.8) is 0 Å². The van der Waals surface area contributed by atoms with Crippen LogP contribution in [-0.2, 0) is 29.8 Å². The number of carbonyl (C=O) groups is 1. The quantitative estimate of drug-likeness (QED) is 0.109. The van der Waals surface area contributed by atoms with E-state index in [0.717, 1.165) is 29.1 Å². The molecule has 5 heterocycles. The fraction of sp³-hybridized carbons (Fsp3) is 0.600. The number of nitrogens with zero attached hydrogens (tertiary/aromatic N) is 3. The number of hydrogen-bond acceptors (Lipinski definition) is 12. The van der Waals surface area contributed by atoms with Crippen LogP contribution in [0, 0.1) is 0 Å². The highest BCUT2D eigenvalue weighted by Crippen LogP contribution is 2.43. The maximum Gasteiger partial charge on any atom is 0.490 e. The lowest BCUT2D eigenvalue weighted by Crippen LogP contribution is -2.41. The summed E-state index contributed by atoms with van der Waals surface area (Å²) in [4.78, 5) is 21.5. The summed E-state index contributed by atoms with van der Waals surface area (Å²) in [6.07, 6.45) is -2.24. The van der Waals surface area contributed by atoms with Crippen LogP contribution < -0.4 is 5.46 Å². The van der Waals surface area contributed by atoms with Crippen molar-refractivity contribution in [3.8, 4) is 0 Å². The maximum absolute atomic E-state index is 12.4. The van der Waals surface area contributed by atoms with Crippen LogP contribution in [0.15, 0.2) is 64.3 Å². The van der Waals surface area contributed by atoms with E-state index in [9.17, 15) is 54.5 Å². The van der Waals surface area contributed by atoms with Gasteiger partial charge in [0.15, 0.2) is 25.1 Å². The van der Waals surface area contributed by atoms with E-state index in [2.05, 4.69) is 46.8 Å². The lowest BCUT2D eigenvalue weighted by molar-refractivity contribution is -0.259. The molecule has 0 bridgehead atoms. The molecule has 2 saturated heterocycles. The van der Waals surface area contributed by atoms with Gasteiger partial charge in [0.1, 0.15) is 0 Å². The minimum absolute atomic E-state index is 0. The van der Waals surface area contributed by atoms with E-state index >= 15 is 0 Å². The topological polar surface area (TPSA) is 174 Å². The van der Waals surface area contributed by atoms with Crippen molar-refractivity contribution in [2.75, 3.05) is 0 Å². The number of rotatable bonds is 5. The molecule has 0 saturated carbocycles. The molecule has 3 aromatic rings. The first kappa shape index (κ1) is 64.5. The van der Waals surface area contributed by atoms with Gasteiger partial charge in [0.05, 0.1) is 22.4 Å². The first-order valence-corrected chi connectivity index (χ1v) is 24.7. The Balaban J connectivity index is 0.000000831. The Morgan fingerprint density at radius 1 is 0.612 bits per heavy atom. The van der Waals surface area contributed by atoms with Gasteiger partial charge < -0.3 is 38.9 Å². The van der Waals surface area contributed by atoms with Crippen LogP contribution in [0.5, 0.6) is 0 Å². The summed E-state index contributed by atoms with van der Waals surface area (Å²) in [7, 11) is -5.74. The van der Waals surface area contributed by atoms with Crippen LogP contribution in [0.3, 0.4) is 0 Å². The van der Waals surface area contributed by atoms with Crippen molar-refractivity contribution in [3.05, 3.63) is 81.0 Å². The van der Waals surface area contributed by atoms with Gasteiger partial charge in [-0.3, -0.25) is 19.7 Å². The fourth-order valence-corrected chi connectivity index (χ4v) is 5.20. The van der Waals surface area contributed by atoms with Gasteiger partial charge in [-0.15, -0.1) is 0 Å². The number of pyridine rings is 3. The van der Waals surface area contributed by atoms with E-state index in [1.165, 1.54) is 38.8 Å². The summed E-state index contributed by atoms with van der Waals surface area (Å²) < 4.78 is 134. The van der Waals surface area contributed by atoms with E-state index in [-0.39, 0.29) is 46.6 Å². The van der Waals surface area contributed by atoms with Crippen molar-refractivity contribution < 1.29 is 83.2 Å². The SMILES string of the molecule is C.CC(=O)c1cncc(Br)c1.CC(O)(c1cncc(B(O)O)c1)C(F)(F)F.CC(O)(c1cncc(Br)c1)C(F)(F)F.CC1(C)OB(B2OC(C)(C)C(C)(C)O2)OC1(C)C.C[Si](C)(C)C(F)(F)F. The monoisotopic (exact) mass is 1120 g/mol. The smallest absolute Gasteiger partial charge is 0.423 e. The van der Waals surface area contributed by atoms with Crippen molar-refractivity contribution in [1.82, 2.24) is 15.0 Å². The zero-order valence-corrected chi connectivity index (χ0v) is 42.9. The highest BCUT2D eigenvalue weighted by atomic mass is 79.9. The van der Waals surface area contributed by atoms with E-state index in [0.29, 0.717) is 23.9 Å². The molecular weight excluding hydrogens is 1060 g/mol. The Labute approximate surface area is 404 Å². The van der Waals surface area contributed by atoms with Gasteiger partial charge >= 0.3 is 39.3 Å². The van der Waals surface area contributed by atoms with Crippen LogP contribution in [-0.4, -0.2) is 111 Å². The van der Waals surface area contributed by atoms with E-state index in [4.69, 9.17) is 28.7 Å². The first-order valence-electron chi connectivity index (χ1n) is 19.6. The van der Waals surface area contributed by atoms with Crippen molar-refractivity contribution in [1.29, 1.82) is 0 Å². The molecule has 4 N–H and O–H groups in total. The van der Waals surface area contributed by atoms with Crippen molar-refractivity contribution in [2.24, 2.45) is 0 Å². The number of halogens is 11. The van der Waals surface area contributed by atoms with Crippen LogP contribution in [0.1, 0.15) is 105 Å². The molecule has 0 aromatic carbocycles. The molecule has 5 rings (SSSR count). The molecule has 0 spiro atoms. The van der Waals surface area contributed by atoms with Crippen LogP contribution >= 0.6 is 31.9 Å². The number of ketones is 1. The predicted molar refractivity (Wildman–Crippen MR) is 247 cm³/mol. The second-order valence-electron chi connectivity index (χ2n) is 18.4. The number of alkyl halides is 9. The summed E-state index contributed by atoms with van der Waals surface area (Å²) in [5.41, 5.74) is -7.82. The third kappa shape index (κ3) is 17.7. The Bertz CT molecular complexity index is 2000. The Morgan fingerprint density at radius 3 is 1.16 bits per heavy atom. The van der Waals surface area contributed by atoms with Crippen LogP contribution in [0.25, 0.3) is 0 Å². The molecular formula is C40H59B3Br2F9N3O9Si. The highest BCUT2D eigenvalue weighted by molar-refractivity contribution is 9.10. The summed E-state index contributed by atoms with van der Waals surface area (Å²) >= 11 is 6.20. The zero-order chi connectivity index (χ0) is 52.1. The summed E-state index contributed by atoms with van der Waals surface area (Å²) in [5.74, 6) is -3.89. The Morgan fingerprint density at radius 2 is 0.910 bits per heavy atom. The summed E-state index contributed by atoms with van der Waals surface area (Å²) in [5, 5.41) is 36.1. The van der Waals surface area contributed by atoms with E-state index < -0.39 is 64.1 Å². The molecule has 2 atom stereocenters. The fourth-order valence-electron chi connectivity index (χ4n) is 4.47. The predicted octanol–water partition coefficient (Wildman–Crippen LogP) is 9.50. The molecule has 2 aliphatic rings. The van der Waals surface area contributed by atoms with Gasteiger partial charge in [0, 0.05) is 68.3 Å². The molecule has 27 heteroatoms. The molecule has 2 fully saturated rings. The lowest BCUT2D eigenvalue weighted by atomic mass is 9.49. The minimum Gasteiger partial charge on any atom is -0.423 e. The Hall–Kier alpha value is -2.46. The average Bonchev–Trinajstić information content (AvgIpc) is 3.50. The number of aromatic nitrogens is 3. The largest absolute Gasteiger partial charge is 0.490 e. The molecule has 378 valence electrons. The standard InChI is InChI=1S/C12H24B2O4.C8H9BF3NO3.C8H7BrF3NO.C7H6BrNO.C4H9F3Si.CH4/c1-9(2)10(3,4)16-13(15-9)14-17-11(5,6)12(7,8)18-14;1-7(14,8(10,11)12)5-2-6(9(15)16)4-13-3-5;1-7(14,8(10,11)12)5-2-6(9)4-13-3-5;1-5(10)6-2-7(8)4-9-3-6;1-8(2,3)4(5,6)7;/h1-8H3;2-4,14-16H,1H3;2-4,14H,1H3;2-4H,1H3;1-3H3;1H4. The lowest BCUT2D eigenvalue weighted by Gasteiger charge is -2.32. The molecule has 12 nitrogen and oxygen atoms in total. The van der Waals surface area contributed by atoms with E-state index in [1.807, 2.05) is 55.4 Å². The van der Waals surface area contributed by atoms with Gasteiger partial charge in [-0.25, -0.2) is 0 Å². The number of hydrogen-bond donors (Lipinski definition) is 4. The molecule has 67 heavy (non-hydrogen) atoms. The third-order valence-corrected chi connectivity index (χ3v) is 13.3. The maximum atomic E-state index is 12.4. The van der Waals surface area contributed by atoms with Crippen LogP contribution in [0.2, 0.25) is 19.6 Å². The number of Topliss-reactive ketones (excluding diaryl/α,β-unsaturated/α-hetero) is 1. The van der Waals surface area contributed by atoms with Gasteiger partial charge in [-0.1, -0.05) is 33.1 Å². The number of carbonyl (C=O) groups excluding carboxylic acids is 1. The molecule has 0 amide bonds.